The van der Waals surface area contributed by atoms with Crippen LogP contribution in [-0.4, -0.2) is 27.1 Å². The van der Waals surface area contributed by atoms with Crippen molar-refractivity contribution in [3.05, 3.63) is 24.3 Å². The van der Waals surface area contributed by atoms with Gasteiger partial charge in [-0.25, -0.2) is 18.7 Å². The van der Waals surface area contributed by atoms with Gasteiger partial charge in [0, 0.05) is 0 Å². The molecule has 0 bridgehead atoms. The Hall–Kier alpha value is -1.16. The predicted octanol–water partition coefficient (Wildman–Crippen LogP) is -0.0369. The van der Waals surface area contributed by atoms with Crippen molar-refractivity contribution in [1.29, 1.82) is 0 Å². The number of sulfonamides is 1. The molecule has 0 aliphatic heterocycles. The van der Waals surface area contributed by atoms with Crippen LogP contribution in [0.25, 0.3) is 0 Å². The van der Waals surface area contributed by atoms with Crippen LogP contribution in [0.5, 0.6) is 0 Å². The quantitative estimate of drug-likeness (QED) is 0.454. The Morgan fingerprint density at radius 3 is 2.35 bits per heavy atom. The largest absolute Gasteiger partial charge is 0.294 e. The summed E-state index contributed by atoms with van der Waals surface area (Å²) in [6, 6.07) is 4.71. The lowest BCUT2D eigenvalue weighted by molar-refractivity contribution is 0.483. The number of benzene rings is 1. The second-order valence-electron chi connectivity index (χ2n) is 3.17. The van der Waals surface area contributed by atoms with E-state index in [0.29, 0.717) is 4.41 Å². The van der Waals surface area contributed by atoms with Crippen LogP contribution >= 0.6 is 0 Å². The first-order valence-electron chi connectivity index (χ1n) is 4.53. The number of hydrogen-bond acceptors (Lipinski definition) is 5. The van der Waals surface area contributed by atoms with Gasteiger partial charge in [-0.2, -0.15) is 8.42 Å². The number of hydrogen-bond donors (Lipinski definition) is 2. The molecule has 3 N–H and O–H groups in total. The van der Waals surface area contributed by atoms with Crippen molar-refractivity contribution in [3.8, 4) is 0 Å². The van der Waals surface area contributed by atoms with Crippen molar-refractivity contribution in [3.63, 3.8) is 0 Å². The monoisotopic (exact) mass is 280 g/mol. The summed E-state index contributed by atoms with van der Waals surface area (Å²) in [4.78, 5) is -0.420. The van der Waals surface area contributed by atoms with Crippen LogP contribution in [0.3, 0.4) is 0 Å². The van der Waals surface area contributed by atoms with E-state index in [4.69, 9.17) is 10.4 Å². The van der Waals surface area contributed by atoms with Crippen LogP contribution < -0.4 is 10.3 Å². The smallest absolute Gasteiger partial charge is 0.282 e. The van der Waals surface area contributed by atoms with Crippen LogP contribution in [0.2, 0.25) is 0 Å². The summed E-state index contributed by atoms with van der Waals surface area (Å²) >= 11 is 0. The third-order valence-corrected chi connectivity index (χ3v) is 4.42. The molecular weight excluding hydrogens is 268 g/mol. The fraction of sp³-hybridized carbons (Fsp3) is 0.250. The lowest BCUT2D eigenvalue weighted by atomic mass is 10.3. The Kier molecular flexibility index (Phi) is 3.77. The summed E-state index contributed by atoms with van der Waals surface area (Å²) in [5, 5.41) is 0. The third kappa shape index (κ3) is 3.16. The second-order valence-corrected chi connectivity index (χ2v) is 6.72. The molecule has 0 atom stereocenters. The van der Waals surface area contributed by atoms with Gasteiger partial charge in [-0.3, -0.25) is 4.55 Å². The van der Waals surface area contributed by atoms with Crippen LogP contribution in [0.4, 0.5) is 5.69 Å². The highest BCUT2D eigenvalue weighted by molar-refractivity contribution is 7.92. The van der Waals surface area contributed by atoms with Gasteiger partial charge in [0.1, 0.15) is 0 Å². The summed E-state index contributed by atoms with van der Waals surface area (Å²) in [6.07, 6.45) is 0. The molecule has 1 aromatic rings. The predicted molar refractivity (Wildman–Crippen MR) is 62.4 cm³/mol. The number of anilines is 1. The molecule has 1 rings (SSSR count). The molecule has 1 aromatic carbocycles. The van der Waals surface area contributed by atoms with Crippen molar-refractivity contribution in [2.24, 2.45) is 5.84 Å². The Labute approximate surface area is 99.6 Å². The Morgan fingerprint density at radius 2 is 1.88 bits per heavy atom. The van der Waals surface area contributed by atoms with Gasteiger partial charge >= 0.3 is 0 Å². The highest BCUT2D eigenvalue weighted by atomic mass is 32.2. The minimum Gasteiger partial charge on any atom is -0.282 e. The molecule has 0 aromatic heterocycles. The SMILES string of the molecule is CCS(=O)(=O)N(N)c1cccc(S(=O)(=O)O)c1. The first kappa shape index (κ1) is 13.9. The van der Waals surface area contributed by atoms with Crippen molar-refractivity contribution >= 4 is 25.8 Å². The van der Waals surface area contributed by atoms with Crippen LogP contribution in [-0.2, 0) is 20.1 Å². The van der Waals surface area contributed by atoms with E-state index in [1.807, 2.05) is 0 Å². The second kappa shape index (κ2) is 4.61. The van der Waals surface area contributed by atoms with E-state index in [0.717, 1.165) is 12.1 Å². The average Bonchev–Trinajstić information content (AvgIpc) is 2.27. The molecule has 0 fully saturated rings. The van der Waals surface area contributed by atoms with Crippen LogP contribution in [0.1, 0.15) is 6.92 Å². The van der Waals surface area contributed by atoms with E-state index < -0.39 is 25.0 Å². The van der Waals surface area contributed by atoms with Crippen LogP contribution in [0, 0.1) is 0 Å². The molecule has 0 radical (unpaired) electrons. The van der Waals surface area contributed by atoms with E-state index in [1.54, 1.807) is 0 Å². The summed E-state index contributed by atoms with van der Waals surface area (Å²) in [7, 11) is -8.07. The Bertz CT molecular complexity index is 609. The summed E-state index contributed by atoms with van der Waals surface area (Å²) in [6.45, 7) is 1.40. The van der Waals surface area contributed by atoms with Gasteiger partial charge in [0.05, 0.1) is 16.3 Å². The molecule has 0 unspecified atom stereocenters. The lowest BCUT2D eigenvalue weighted by Gasteiger charge is -2.17. The van der Waals surface area contributed by atoms with Gasteiger partial charge in [-0.1, -0.05) is 6.07 Å². The normalized spacial score (nSPS) is 12.4. The molecule has 0 heterocycles. The van der Waals surface area contributed by atoms with Gasteiger partial charge in [0.15, 0.2) is 0 Å². The molecule has 0 spiro atoms. The minimum atomic E-state index is -4.39. The molecule has 0 amide bonds. The fourth-order valence-corrected chi connectivity index (χ4v) is 2.31. The molecule has 17 heavy (non-hydrogen) atoms. The van der Waals surface area contributed by atoms with Crippen LogP contribution in [0.15, 0.2) is 29.2 Å². The van der Waals surface area contributed by atoms with Gasteiger partial charge in [-0.05, 0) is 25.1 Å². The number of rotatable bonds is 4. The molecule has 9 heteroatoms. The zero-order valence-corrected chi connectivity index (χ0v) is 10.6. The first-order valence-corrected chi connectivity index (χ1v) is 7.58. The number of nitrogens with two attached hydrogens (primary N) is 1. The van der Waals surface area contributed by atoms with Gasteiger partial charge < -0.3 is 0 Å². The minimum absolute atomic E-state index is 0.0398. The van der Waals surface area contributed by atoms with Crippen molar-refractivity contribution in [2.45, 2.75) is 11.8 Å². The van der Waals surface area contributed by atoms with Crippen molar-refractivity contribution in [2.75, 3.05) is 10.2 Å². The molecule has 0 aliphatic rings. The fourth-order valence-electron chi connectivity index (χ4n) is 1.08. The molecular formula is C8H12N2O5S2. The van der Waals surface area contributed by atoms with E-state index in [-0.39, 0.29) is 11.4 Å². The maximum Gasteiger partial charge on any atom is 0.294 e. The highest BCUT2D eigenvalue weighted by Crippen LogP contribution is 2.19. The topological polar surface area (TPSA) is 118 Å². The first-order chi connectivity index (χ1) is 7.68. The van der Waals surface area contributed by atoms with Crippen molar-refractivity contribution < 1.29 is 21.4 Å². The Morgan fingerprint density at radius 1 is 1.29 bits per heavy atom. The third-order valence-electron chi connectivity index (χ3n) is 2.03. The zero-order chi connectivity index (χ0) is 13.3. The van der Waals surface area contributed by atoms with E-state index in [1.165, 1.54) is 19.1 Å². The van der Waals surface area contributed by atoms with Gasteiger partial charge in [0.2, 0.25) is 10.0 Å². The van der Waals surface area contributed by atoms with Gasteiger partial charge in [-0.15, -0.1) is 0 Å². The Balaban J connectivity index is 3.27. The molecule has 0 saturated carbocycles. The standard InChI is InChI=1S/C8H12N2O5S2/c1-2-16(11,12)10(9)7-4-3-5-8(6-7)17(13,14)15/h3-6H,2,9H2,1H3,(H,13,14,15). The van der Waals surface area contributed by atoms with E-state index in [2.05, 4.69) is 0 Å². The summed E-state index contributed by atoms with van der Waals surface area (Å²) in [5.74, 6) is 5.14. The number of hydrazine groups is 1. The maximum atomic E-state index is 11.4. The molecule has 0 aliphatic carbocycles. The van der Waals surface area contributed by atoms with E-state index in [9.17, 15) is 16.8 Å². The summed E-state index contributed by atoms with van der Waals surface area (Å²) < 4.78 is 53.9. The zero-order valence-electron chi connectivity index (χ0n) is 8.94. The summed E-state index contributed by atoms with van der Waals surface area (Å²) in [5.41, 5.74) is -0.0398. The molecule has 7 nitrogen and oxygen atoms in total. The van der Waals surface area contributed by atoms with Crippen molar-refractivity contribution in [1.82, 2.24) is 0 Å². The maximum absolute atomic E-state index is 11.4. The van der Waals surface area contributed by atoms with E-state index >= 15 is 0 Å². The number of nitrogens with zero attached hydrogens (tertiary/aromatic N) is 1. The highest BCUT2D eigenvalue weighted by Gasteiger charge is 2.18. The molecule has 96 valence electrons. The lowest BCUT2D eigenvalue weighted by Crippen LogP contribution is -2.38. The average molecular weight is 280 g/mol. The van der Waals surface area contributed by atoms with Gasteiger partial charge in [0.25, 0.3) is 10.1 Å². The molecule has 0 saturated heterocycles.